The zero-order valence-corrected chi connectivity index (χ0v) is 13.0. The van der Waals surface area contributed by atoms with Gasteiger partial charge < -0.3 is 16.3 Å². The molecule has 0 aromatic heterocycles. The van der Waals surface area contributed by atoms with E-state index in [2.05, 4.69) is 17.4 Å². The lowest BCUT2D eigenvalue weighted by atomic mass is 9.72. The first kappa shape index (κ1) is 16.8. The number of carbonyl (C=O) groups excluding carboxylic acids is 1. The number of nitrogens with one attached hydrogen (secondary N) is 1. The molecule has 0 unspecified atom stereocenters. The Labute approximate surface area is 122 Å². The van der Waals surface area contributed by atoms with E-state index in [1.54, 1.807) is 0 Å². The van der Waals surface area contributed by atoms with Crippen molar-refractivity contribution >= 4 is 11.7 Å². The molecule has 0 saturated heterocycles. The minimum atomic E-state index is -0.865. The van der Waals surface area contributed by atoms with Gasteiger partial charge in [-0.1, -0.05) is 38.8 Å². The number of amides is 1. The number of hydrogen-bond acceptors (Lipinski definition) is 3. The van der Waals surface area contributed by atoms with Crippen LogP contribution in [0.2, 0.25) is 0 Å². The van der Waals surface area contributed by atoms with Gasteiger partial charge in [0.2, 0.25) is 5.91 Å². The van der Waals surface area contributed by atoms with Crippen LogP contribution in [0, 0.1) is 5.41 Å². The largest absolute Gasteiger partial charge is 0.409 e. The summed E-state index contributed by atoms with van der Waals surface area (Å²) in [7, 11) is 0. The van der Waals surface area contributed by atoms with E-state index in [0.717, 1.165) is 38.5 Å². The topological polar surface area (TPSA) is 87.7 Å². The third-order valence-corrected chi connectivity index (χ3v) is 4.75. The maximum atomic E-state index is 12.8. The molecule has 5 nitrogen and oxygen atoms in total. The number of carbonyl (C=O) groups is 1. The summed E-state index contributed by atoms with van der Waals surface area (Å²) in [6.45, 7) is 6.13. The maximum absolute atomic E-state index is 12.8. The van der Waals surface area contributed by atoms with Crippen LogP contribution in [0.1, 0.15) is 72.1 Å². The Bertz CT molecular complexity index is 351. The third-order valence-electron chi connectivity index (χ3n) is 4.75. The van der Waals surface area contributed by atoms with E-state index >= 15 is 0 Å². The number of hydrogen-bond donors (Lipinski definition) is 3. The molecule has 5 heteroatoms. The fourth-order valence-corrected chi connectivity index (χ4v) is 3.20. The zero-order valence-electron chi connectivity index (χ0n) is 13.0. The van der Waals surface area contributed by atoms with Crippen LogP contribution < -0.4 is 11.1 Å². The lowest BCUT2D eigenvalue weighted by Gasteiger charge is -2.44. The summed E-state index contributed by atoms with van der Waals surface area (Å²) in [6.07, 6.45) is 7.02. The molecule has 0 aromatic carbocycles. The summed E-state index contributed by atoms with van der Waals surface area (Å²) in [5.74, 6) is -0.0256. The normalized spacial score (nSPS) is 18.4. The molecule has 20 heavy (non-hydrogen) atoms. The van der Waals surface area contributed by atoms with Gasteiger partial charge in [-0.05, 0) is 38.5 Å². The van der Waals surface area contributed by atoms with E-state index in [9.17, 15) is 4.79 Å². The minimum Gasteiger partial charge on any atom is -0.409 e. The van der Waals surface area contributed by atoms with E-state index in [0.29, 0.717) is 12.8 Å². The Morgan fingerprint density at radius 3 is 2.15 bits per heavy atom. The molecular formula is C15H29N3O2. The molecule has 1 aliphatic carbocycles. The van der Waals surface area contributed by atoms with E-state index < -0.39 is 5.41 Å². The highest BCUT2D eigenvalue weighted by Gasteiger charge is 2.46. The Balaban J connectivity index is 2.99. The second-order valence-electron chi connectivity index (χ2n) is 6.01. The minimum absolute atomic E-state index is 0.0456. The molecule has 1 aliphatic rings. The van der Waals surface area contributed by atoms with Crippen LogP contribution in [0.4, 0.5) is 0 Å². The quantitative estimate of drug-likeness (QED) is 0.277. The highest BCUT2D eigenvalue weighted by atomic mass is 16.4. The van der Waals surface area contributed by atoms with Crippen molar-refractivity contribution in [2.75, 3.05) is 0 Å². The van der Waals surface area contributed by atoms with Gasteiger partial charge in [-0.3, -0.25) is 4.79 Å². The molecule has 0 bridgehead atoms. The van der Waals surface area contributed by atoms with Gasteiger partial charge in [-0.2, -0.15) is 0 Å². The Morgan fingerprint density at radius 1 is 1.30 bits per heavy atom. The van der Waals surface area contributed by atoms with Crippen LogP contribution in [0.25, 0.3) is 0 Å². The fraction of sp³-hybridized carbons (Fsp3) is 0.867. The average molecular weight is 283 g/mol. The molecule has 1 fully saturated rings. The van der Waals surface area contributed by atoms with Gasteiger partial charge in [0.1, 0.15) is 5.41 Å². The second-order valence-corrected chi connectivity index (χ2v) is 6.01. The zero-order chi connectivity index (χ0) is 15.2. The molecule has 0 radical (unpaired) electrons. The van der Waals surface area contributed by atoms with E-state index in [1.165, 1.54) is 0 Å². The summed E-state index contributed by atoms with van der Waals surface area (Å²) in [5, 5.41) is 15.4. The van der Waals surface area contributed by atoms with E-state index in [4.69, 9.17) is 10.9 Å². The summed E-state index contributed by atoms with van der Waals surface area (Å²) < 4.78 is 0. The number of amidine groups is 1. The molecular weight excluding hydrogens is 254 g/mol. The monoisotopic (exact) mass is 283 g/mol. The van der Waals surface area contributed by atoms with Gasteiger partial charge in [0, 0.05) is 5.54 Å². The van der Waals surface area contributed by atoms with E-state index in [1.807, 2.05) is 13.8 Å². The summed E-state index contributed by atoms with van der Waals surface area (Å²) in [5.41, 5.74) is 4.95. The number of rotatable bonds is 8. The van der Waals surface area contributed by atoms with Gasteiger partial charge in [-0.25, -0.2) is 0 Å². The lowest BCUT2D eigenvalue weighted by Crippen LogP contribution is -2.59. The molecule has 0 aromatic rings. The van der Waals surface area contributed by atoms with Crippen molar-refractivity contribution in [3.05, 3.63) is 0 Å². The van der Waals surface area contributed by atoms with E-state index in [-0.39, 0.29) is 17.3 Å². The molecule has 1 saturated carbocycles. The standard InChI is InChI=1S/C15H29N3O2/c1-4-8-15(9-5-2,12(16)18-20)13(19)17-14(6-3)10-7-11-14/h20H,4-11H2,1-3H3,(H2,16,18)(H,17,19). The first-order valence-corrected chi connectivity index (χ1v) is 7.81. The summed E-state index contributed by atoms with van der Waals surface area (Å²) in [4.78, 5) is 12.8. The molecule has 0 heterocycles. The average Bonchev–Trinajstić information content (AvgIpc) is 2.41. The molecule has 4 N–H and O–H groups in total. The highest BCUT2D eigenvalue weighted by Crippen LogP contribution is 2.38. The fourth-order valence-electron chi connectivity index (χ4n) is 3.20. The molecule has 116 valence electrons. The van der Waals surface area contributed by atoms with Crippen molar-refractivity contribution in [1.82, 2.24) is 5.32 Å². The maximum Gasteiger partial charge on any atom is 0.234 e. The highest BCUT2D eigenvalue weighted by molar-refractivity contribution is 6.07. The van der Waals surface area contributed by atoms with Crippen LogP contribution >= 0.6 is 0 Å². The van der Waals surface area contributed by atoms with Gasteiger partial charge in [0.05, 0.1) is 0 Å². The van der Waals surface area contributed by atoms with Crippen LogP contribution in [-0.2, 0) is 4.79 Å². The van der Waals surface area contributed by atoms with Crippen LogP contribution in [0.5, 0.6) is 0 Å². The third kappa shape index (κ3) is 3.07. The van der Waals surface area contributed by atoms with Gasteiger partial charge >= 0.3 is 0 Å². The SMILES string of the molecule is CCCC(CCC)(C(=O)NC1(CC)CCC1)C(N)=NO. The van der Waals surface area contributed by atoms with Crippen molar-refractivity contribution in [2.24, 2.45) is 16.3 Å². The number of nitrogens with two attached hydrogens (primary N) is 1. The Hall–Kier alpha value is -1.26. The smallest absolute Gasteiger partial charge is 0.234 e. The lowest BCUT2D eigenvalue weighted by molar-refractivity contribution is -0.131. The number of oxime groups is 1. The predicted octanol–water partition coefficient (Wildman–Crippen LogP) is 2.77. The molecule has 1 rings (SSSR count). The second kappa shape index (κ2) is 6.95. The summed E-state index contributed by atoms with van der Waals surface area (Å²) in [6, 6.07) is 0. The number of nitrogens with zero attached hydrogens (tertiary/aromatic N) is 1. The van der Waals surface area contributed by atoms with Crippen molar-refractivity contribution < 1.29 is 10.0 Å². The van der Waals surface area contributed by atoms with Gasteiger partial charge in [0.15, 0.2) is 5.84 Å². The van der Waals surface area contributed by atoms with Crippen molar-refractivity contribution in [1.29, 1.82) is 0 Å². The molecule has 1 amide bonds. The summed E-state index contributed by atoms with van der Waals surface area (Å²) >= 11 is 0. The molecule has 0 spiro atoms. The first-order valence-electron chi connectivity index (χ1n) is 7.81. The Kier molecular flexibility index (Phi) is 5.84. The molecule has 0 atom stereocenters. The van der Waals surface area contributed by atoms with Gasteiger partial charge in [-0.15, -0.1) is 0 Å². The predicted molar refractivity (Wildman–Crippen MR) is 80.7 cm³/mol. The van der Waals surface area contributed by atoms with Crippen LogP contribution in [0.3, 0.4) is 0 Å². The first-order chi connectivity index (χ1) is 9.50. The van der Waals surface area contributed by atoms with Crippen molar-refractivity contribution in [3.8, 4) is 0 Å². The molecule has 0 aliphatic heterocycles. The Morgan fingerprint density at radius 2 is 1.85 bits per heavy atom. The van der Waals surface area contributed by atoms with Crippen molar-refractivity contribution in [3.63, 3.8) is 0 Å². The van der Waals surface area contributed by atoms with Crippen molar-refractivity contribution in [2.45, 2.75) is 77.7 Å². The van der Waals surface area contributed by atoms with Gasteiger partial charge in [0.25, 0.3) is 0 Å². The van der Waals surface area contributed by atoms with Crippen LogP contribution in [-0.4, -0.2) is 22.5 Å². The van der Waals surface area contributed by atoms with Crippen LogP contribution in [0.15, 0.2) is 5.16 Å².